The molecule has 1 N–H and O–H groups in total. The Morgan fingerprint density at radius 3 is 2.34 bits per heavy atom. The van der Waals surface area contributed by atoms with Crippen molar-refractivity contribution in [3.8, 4) is 0 Å². The number of methoxy groups -OCH3 is 1. The highest BCUT2D eigenvalue weighted by Crippen LogP contribution is 2.20. The van der Waals surface area contributed by atoms with Crippen LogP contribution in [0.25, 0.3) is 10.9 Å². The number of halogens is 1. The number of anilines is 1. The molecule has 0 unspecified atom stereocenters. The first-order chi connectivity index (χ1) is 13.6. The van der Waals surface area contributed by atoms with Gasteiger partial charge >= 0.3 is 5.97 Å². The van der Waals surface area contributed by atoms with Gasteiger partial charge in [0.1, 0.15) is 12.4 Å². The number of carbonyl (C=O) groups excluding carboxylic acids is 2. The van der Waals surface area contributed by atoms with E-state index < -0.39 is 17.3 Å². The average Bonchev–Trinajstić information content (AvgIpc) is 2.93. The zero-order chi connectivity index (χ0) is 21.3. The van der Waals surface area contributed by atoms with Gasteiger partial charge in [0, 0.05) is 5.69 Å². The van der Waals surface area contributed by atoms with Gasteiger partial charge in [-0.15, -0.1) is 0 Å². The fourth-order valence-corrected chi connectivity index (χ4v) is 3.20. The molecule has 3 rings (SSSR count). The second-order valence-electron chi connectivity index (χ2n) is 7.62. The van der Waals surface area contributed by atoms with Gasteiger partial charge in [0.2, 0.25) is 5.91 Å². The molecule has 1 amide bonds. The maximum atomic E-state index is 13.6. The maximum Gasteiger partial charge on any atom is 0.337 e. The number of fused-ring (bicyclic) bond motifs is 1. The van der Waals surface area contributed by atoms with Gasteiger partial charge in [0.15, 0.2) is 0 Å². The highest BCUT2D eigenvalue weighted by molar-refractivity contribution is 5.93. The number of rotatable bonds is 4. The van der Waals surface area contributed by atoms with Crippen LogP contribution in [0.5, 0.6) is 0 Å². The number of hydrogen-bond donors (Lipinski definition) is 1. The van der Waals surface area contributed by atoms with E-state index in [1.807, 2.05) is 20.8 Å². The number of hydrogen-bond acceptors (Lipinski definition) is 4. The highest BCUT2D eigenvalue weighted by Gasteiger charge is 2.24. The second kappa shape index (κ2) is 7.54. The first-order valence-corrected chi connectivity index (χ1v) is 9.01. The number of nitrogens with one attached hydrogen (secondary N) is 1. The summed E-state index contributed by atoms with van der Waals surface area (Å²) in [6.07, 6.45) is 0. The molecule has 0 fully saturated rings. The average molecular weight is 399 g/mol. The van der Waals surface area contributed by atoms with Crippen molar-refractivity contribution in [3.63, 3.8) is 0 Å². The highest BCUT2D eigenvalue weighted by atomic mass is 19.1. The van der Waals surface area contributed by atoms with Crippen molar-refractivity contribution < 1.29 is 18.7 Å². The third kappa shape index (κ3) is 4.06. The second-order valence-corrected chi connectivity index (χ2v) is 7.62. The molecule has 1 heterocycles. The van der Waals surface area contributed by atoms with E-state index in [4.69, 9.17) is 0 Å². The van der Waals surface area contributed by atoms with Crippen LogP contribution in [0.3, 0.4) is 0 Å². The molecule has 2 aromatic carbocycles. The lowest BCUT2D eigenvalue weighted by atomic mass is 10.1. The van der Waals surface area contributed by atoms with Crippen LogP contribution in [-0.4, -0.2) is 28.3 Å². The van der Waals surface area contributed by atoms with Gasteiger partial charge in [-0.3, -0.25) is 14.3 Å². The first-order valence-electron chi connectivity index (χ1n) is 9.01. The lowest BCUT2D eigenvalue weighted by molar-refractivity contribution is -0.117. The number of amides is 1. The molecule has 152 valence electrons. The molecule has 29 heavy (non-hydrogen) atoms. The Labute approximate surface area is 166 Å². The fraction of sp³-hybridized carbons (Fsp3) is 0.286. The number of esters is 1. The molecule has 0 bridgehead atoms. The van der Waals surface area contributed by atoms with Crippen LogP contribution < -0.4 is 10.9 Å². The predicted molar refractivity (Wildman–Crippen MR) is 108 cm³/mol. The maximum absolute atomic E-state index is 13.6. The fourth-order valence-electron chi connectivity index (χ4n) is 3.20. The molecule has 0 spiro atoms. The van der Waals surface area contributed by atoms with Gasteiger partial charge in [-0.25, -0.2) is 13.9 Å². The number of benzene rings is 2. The Balaban J connectivity index is 1.92. The lowest BCUT2D eigenvalue weighted by Gasteiger charge is -2.24. The molecule has 0 aliphatic rings. The predicted octanol–water partition coefficient (Wildman–Crippen LogP) is 3.12. The topological polar surface area (TPSA) is 82.3 Å². The number of nitrogens with zero attached hydrogens (tertiary/aromatic N) is 2. The van der Waals surface area contributed by atoms with E-state index in [2.05, 4.69) is 10.1 Å². The first kappa shape index (κ1) is 20.3. The number of carbonyl (C=O) groups is 2. The minimum Gasteiger partial charge on any atom is -0.465 e. The summed E-state index contributed by atoms with van der Waals surface area (Å²) in [5, 5.41) is 2.95. The van der Waals surface area contributed by atoms with Crippen molar-refractivity contribution in [2.75, 3.05) is 12.4 Å². The van der Waals surface area contributed by atoms with Crippen LogP contribution in [0, 0.1) is 5.82 Å². The van der Waals surface area contributed by atoms with Crippen molar-refractivity contribution in [2.24, 2.45) is 0 Å². The van der Waals surface area contributed by atoms with E-state index in [1.54, 1.807) is 28.9 Å². The Hall–Kier alpha value is -3.42. The van der Waals surface area contributed by atoms with E-state index >= 15 is 0 Å². The summed E-state index contributed by atoms with van der Waals surface area (Å²) >= 11 is 0. The monoisotopic (exact) mass is 399 g/mol. The smallest absolute Gasteiger partial charge is 0.337 e. The molecule has 0 saturated carbocycles. The molecular weight excluding hydrogens is 377 g/mol. The quantitative estimate of drug-likeness (QED) is 0.684. The van der Waals surface area contributed by atoms with E-state index in [0.29, 0.717) is 16.8 Å². The van der Waals surface area contributed by atoms with Crippen molar-refractivity contribution in [2.45, 2.75) is 32.9 Å². The molecule has 0 saturated heterocycles. The summed E-state index contributed by atoms with van der Waals surface area (Å²) in [5.74, 6) is -1.35. The van der Waals surface area contributed by atoms with Crippen molar-refractivity contribution >= 4 is 28.5 Å². The van der Waals surface area contributed by atoms with Crippen LogP contribution in [-0.2, 0) is 21.6 Å². The number of aromatic nitrogens is 2. The van der Waals surface area contributed by atoms with Crippen LogP contribution >= 0.6 is 0 Å². The molecule has 8 heteroatoms. The van der Waals surface area contributed by atoms with Crippen LogP contribution in [0.4, 0.5) is 10.1 Å². The Morgan fingerprint density at radius 1 is 1.10 bits per heavy atom. The Morgan fingerprint density at radius 2 is 1.76 bits per heavy atom. The molecule has 0 radical (unpaired) electrons. The van der Waals surface area contributed by atoms with Gasteiger partial charge in [-0.05, 0) is 63.2 Å². The molecule has 0 atom stereocenters. The summed E-state index contributed by atoms with van der Waals surface area (Å²) in [5.41, 5.74) is 0.361. The normalized spacial score (nSPS) is 11.5. The standard InChI is InChI=1S/C21H22FN3O4/c1-21(2,3)25-19(27)16-11-14(22)7-10-17(16)24(25)12-18(26)23-15-8-5-13(6-9-15)20(28)29-4/h5-11H,12H2,1-4H3,(H,23,26). The van der Waals surface area contributed by atoms with E-state index in [0.717, 1.165) is 0 Å². The number of ether oxygens (including phenoxy) is 1. The van der Waals surface area contributed by atoms with Crippen LogP contribution in [0.15, 0.2) is 47.3 Å². The molecule has 0 aliphatic carbocycles. The van der Waals surface area contributed by atoms with Gasteiger partial charge in [0.25, 0.3) is 5.56 Å². The summed E-state index contributed by atoms with van der Waals surface area (Å²) in [6, 6.07) is 10.2. The van der Waals surface area contributed by atoms with E-state index in [-0.39, 0.29) is 23.4 Å². The van der Waals surface area contributed by atoms with E-state index in [9.17, 15) is 18.8 Å². The SMILES string of the molecule is COC(=O)c1ccc(NC(=O)Cn2c3ccc(F)cc3c(=O)n2C(C)(C)C)cc1. The van der Waals surface area contributed by atoms with Gasteiger partial charge in [-0.2, -0.15) is 0 Å². The van der Waals surface area contributed by atoms with Crippen LogP contribution in [0.1, 0.15) is 31.1 Å². The summed E-state index contributed by atoms with van der Waals surface area (Å²) in [4.78, 5) is 37.0. The van der Waals surface area contributed by atoms with Crippen molar-refractivity contribution in [1.29, 1.82) is 0 Å². The largest absolute Gasteiger partial charge is 0.465 e. The van der Waals surface area contributed by atoms with Gasteiger partial charge in [-0.1, -0.05) is 0 Å². The zero-order valence-electron chi connectivity index (χ0n) is 16.7. The van der Waals surface area contributed by atoms with Crippen LogP contribution in [0.2, 0.25) is 0 Å². The van der Waals surface area contributed by atoms with Gasteiger partial charge in [0.05, 0.1) is 29.1 Å². The molecule has 1 aromatic heterocycles. The Bertz CT molecular complexity index is 1140. The molecule has 3 aromatic rings. The summed E-state index contributed by atoms with van der Waals surface area (Å²) < 4.78 is 21.3. The third-order valence-electron chi connectivity index (χ3n) is 4.42. The summed E-state index contributed by atoms with van der Waals surface area (Å²) in [7, 11) is 1.29. The lowest BCUT2D eigenvalue weighted by Crippen LogP contribution is -2.38. The molecule has 7 nitrogen and oxygen atoms in total. The van der Waals surface area contributed by atoms with Gasteiger partial charge < -0.3 is 10.1 Å². The third-order valence-corrected chi connectivity index (χ3v) is 4.42. The van der Waals surface area contributed by atoms with Crippen molar-refractivity contribution in [3.05, 3.63) is 64.2 Å². The molecule has 0 aliphatic heterocycles. The summed E-state index contributed by atoms with van der Waals surface area (Å²) in [6.45, 7) is 5.37. The minimum atomic E-state index is -0.616. The molecular formula is C21H22FN3O4. The van der Waals surface area contributed by atoms with Crippen molar-refractivity contribution in [1.82, 2.24) is 9.36 Å². The minimum absolute atomic E-state index is 0.138. The Kier molecular flexibility index (Phi) is 5.28. The zero-order valence-corrected chi connectivity index (χ0v) is 16.7. The van der Waals surface area contributed by atoms with E-state index in [1.165, 1.54) is 30.0 Å².